The van der Waals surface area contributed by atoms with Crippen LogP contribution in [-0.2, 0) is 6.42 Å². The summed E-state index contributed by atoms with van der Waals surface area (Å²) in [6, 6.07) is 6.43. The van der Waals surface area contributed by atoms with E-state index < -0.39 is 12.6 Å². The molecule has 0 aliphatic heterocycles. The lowest BCUT2D eigenvalue weighted by molar-refractivity contribution is -0.136. The highest BCUT2D eigenvalue weighted by atomic mass is 19.4. The fourth-order valence-corrected chi connectivity index (χ4v) is 1.93. The minimum absolute atomic E-state index is 0.0547. The van der Waals surface area contributed by atoms with Gasteiger partial charge in [0.25, 0.3) is 0 Å². The van der Waals surface area contributed by atoms with Crippen molar-refractivity contribution in [3.8, 4) is 5.75 Å². The molecule has 2 N–H and O–H groups in total. The molecular weight excluding hydrogens is 255 g/mol. The highest BCUT2D eigenvalue weighted by Crippen LogP contribution is 2.23. The number of phenolic OH excluding ortho intramolecular Hbond substituents is 1. The van der Waals surface area contributed by atoms with Crippen LogP contribution < -0.4 is 5.32 Å². The van der Waals surface area contributed by atoms with Crippen molar-refractivity contribution in [1.29, 1.82) is 0 Å². The van der Waals surface area contributed by atoms with Crippen LogP contribution >= 0.6 is 0 Å². The molecule has 0 bridgehead atoms. The SMILES string of the molecule is CCCNC(CCC(F)(F)F)Cc1cccc(O)c1. The monoisotopic (exact) mass is 275 g/mol. The number of nitrogens with one attached hydrogen (secondary N) is 1. The van der Waals surface area contributed by atoms with Crippen LogP contribution in [0.15, 0.2) is 24.3 Å². The minimum Gasteiger partial charge on any atom is -0.508 e. The molecular formula is C14H20F3NO. The molecule has 0 aliphatic rings. The summed E-state index contributed by atoms with van der Waals surface area (Å²) in [6.07, 6.45) is -3.48. The zero-order valence-corrected chi connectivity index (χ0v) is 11.0. The van der Waals surface area contributed by atoms with E-state index in [4.69, 9.17) is 0 Å². The van der Waals surface area contributed by atoms with Gasteiger partial charge in [-0.3, -0.25) is 0 Å². The van der Waals surface area contributed by atoms with Crippen LogP contribution in [0.2, 0.25) is 0 Å². The number of benzene rings is 1. The lowest BCUT2D eigenvalue weighted by atomic mass is 10.0. The van der Waals surface area contributed by atoms with Gasteiger partial charge >= 0.3 is 6.18 Å². The number of alkyl halides is 3. The van der Waals surface area contributed by atoms with Crippen LogP contribution in [0, 0.1) is 0 Å². The van der Waals surface area contributed by atoms with Gasteiger partial charge in [0.1, 0.15) is 5.75 Å². The van der Waals surface area contributed by atoms with E-state index in [1.165, 1.54) is 0 Å². The summed E-state index contributed by atoms with van der Waals surface area (Å²) >= 11 is 0. The summed E-state index contributed by atoms with van der Waals surface area (Å²) in [5.41, 5.74) is 0.843. The predicted octanol–water partition coefficient (Wildman–Crippen LogP) is 3.65. The molecule has 0 spiro atoms. The first-order chi connectivity index (χ1) is 8.90. The molecule has 0 aliphatic carbocycles. The van der Waals surface area contributed by atoms with E-state index >= 15 is 0 Å². The second-order valence-corrected chi connectivity index (χ2v) is 4.68. The second-order valence-electron chi connectivity index (χ2n) is 4.68. The second kappa shape index (κ2) is 7.38. The Hall–Kier alpha value is -1.23. The topological polar surface area (TPSA) is 32.3 Å². The first-order valence-electron chi connectivity index (χ1n) is 6.48. The Bertz CT molecular complexity index is 379. The zero-order chi connectivity index (χ0) is 14.3. The van der Waals surface area contributed by atoms with Gasteiger partial charge in [-0.15, -0.1) is 0 Å². The van der Waals surface area contributed by atoms with E-state index in [0.29, 0.717) is 13.0 Å². The molecule has 1 aromatic carbocycles. The van der Waals surface area contributed by atoms with Crippen LogP contribution in [0.4, 0.5) is 13.2 Å². The Morgan fingerprint density at radius 2 is 2.05 bits per heavy atom. The highest BCUT2D eigenvalue weighted by Gasteiger charge is 2.28. The van der Waals surface area contributed by atoms with Gasteiger partial charge in [0.05, 0.1) is 0 Å². The van der Waals surface area contributed by atoms with Crippen LogP contribution in [0.5, 0.6) is 5.75 Å². The molecule has 1 aromatic rings. The minimum atomic E-state index is -4.12. The summed E-state index contributed by atoms with van der Waals surface area (Å²) < 4.78 is 36.8. The van der Waals surface area contributed by atoms with E-state index in [9.17, 15) is 18.3 Å². The van der Waals surface area contributed by atoms with E-state index in [0.717, 1.165) is 12.0 Å². The molecule has 0 amide bonds. The van der Waals surface area contributed by atoms with Crippen molar-refractivity contribution in [2.24, 2.45) is 0 Å². The molecule has 0 saturated carbocycles. The van der Waals surface area contributed by atoms with Crippen molar-refractivity contribution in [2.45, 2.75) is 44.8 Å². The van der Waals surface area contributed by atoms with Crippen LogP contribution in [0.1, 0.15) is 31.7 Å². The van der Waals surface area contributed by atoms with Crippen molar-refractivity contribution in [3.63, 3.8) is 0 Å². The molecule has 0 fully saturated rings. The van der Waals surface area contributed by atoms with Gasteiger partial charge in [-0.05, 0) is 43.5 Å². The fourth-order valence-electron chi connectivity index (χ4n) is 1.93. The zero-order valence-electron chi connectivity index (χ0n) is 11.0. The van der Waals surface area contributed by atoms with Crippen LogP contribution in [0.25, 0.3) is 0 Å². The van der Waals surface area contributed by atoms with Crippen LogP contribution in [-0.4, -0.2) is 23.9 Å². The number of hydrogen-bond acceptors (Lipinski definition) is 2. The Morgan fingerprint density at radius 1 is 1.32 bits per heavy atom. The molecule has 0 radical (unpaired) electrons. The Balaban J connectivity index is 2.58. The third-order valence-electron chi connectivity index (χ3n) is 2.85. The average Bonchev–Trinajstić information content (AvgIpc) is 2.31. The standard InChI is InChI=1S/C14H20F3NO/c1-2-8-18-12(6-7-14(15,16)17)9-11-4-3-5-13(19)10-11/h3-5,10,12,18-19H,2,6-9H2,1H3. The quantitative estimate of drug-likeness (QED) is 0.796. The van der Waals surface area contributed by atoms with Gasteiger partial charge in [-0.25, -0.2) is 0 Å². The highest BCUT2D eigenvalue weighted by molar-refractivity contribution is 5.27. The van der Waals surface area contributed by atoms with Crippen molar-refractivity contribution >= 4 is 0 Å². The van der Waals surface area contributed by atoms with Crippen molar-refractivity contribution in [2.75, 3.05) is 6.54 Å². The van der Waals surface area contributed by atoms with Gasteiger partial charge in [-0.2, -0.15) is 13.2 Å². The normalized spacial score (nSPS) is 13.5. The Morgan fingerprint density at radius 3 is 2.63 bits per heavy atom. The van der Waals surface area contributed by atoms with Gasteiger partial charge in [0, 0.05) is 12.5 Å². The summed E-state index contributed by atoms with van der Waals surface area (Å²) in [7, 11) is 0. The Labute approximate surface area is 111 Å². The molecule has 0 heterocycles. The lowest BCUT2D eigenvalue weighted by Gasteiger charge is -2.19. The summed E-state index contributed by atoms with van der Waals surface area (Å²) in [5, 5.41) is 12.5. The third kappa shape index (κ3) is 7.06. The molecule has 1 unspecified atom stereocenters. The van der Waals surface area contributed by atoms with Crippen molar-refractivity contribution in [1.82, 2.24) is 5.32 Å². The van der Waals surface area contributed by atoms with E-state index in [1.807, 2.05) is 13.0 Å². The van der Waals surface area contributed by atoms with Crippen molar-refractivity contribution in [3.05, 3.63) is 29.8 Å². The van der Waals surface area contributed by atoms with E-state index in [1.54, 1.807) is 18.2 Å². The number of phenols is 1. The first-order valence-corrected chi connectivity index (χ1v) is 6.48. The van der Waals surface area contributed by atoms with Crippen molar-refractivity contribution < 1.29 is 18.3 Å². The third-order valence-corrected chi connectivity index (χ3v) is 2.85. The molecule has 19 heavy (non-hydrogen) atoms. The van der Waals surface area contributed by atoms with Crippen LogP contribution in [0.3, 0.4) is 0 Å². The molecule has 1 atom stereocenters. The number of hydrogen-bond donors (Lipinski definition) is 2. The predicted molar refractivity (Wildman–Crippen MR) is 69.2 cm³/mol. The molecule has 2 nitrogen and oxygen atoms in total. The molecule has 0 aromatic heterocycles. The first kappa shape index (κ1) is 15.8. The number of rotatable bonds is 7. The maximum Gasteiger partial charge on any atom is 0.389 e. The van der Waals surface area contributed by atoms with Gasteiger partial charge < -0.3 is 10.4 Å². The van der Waals surface area contributed by atoms with Gasteiger partial charge in [0.15, 0.2) is 0 Å². The number of halogens is 3. The Kier molecular flexibility index (Phi) is 6.15. The molecule has 1 rings (SSSR count). The fraction of sp³-hybridized carbons (Fsp3) is 0.571. The largest absolute Gasteiger partial charge is 0.508 e. The molecule has 108 valence electrons. The maximum atomic E-state index is 12.3. The average molecular weight is 275 g/mol. The molecule has 5 heteroatoms. The summed E-state index contributed by atoms with van der Waals surface area (Å²) in [4.78, 5) is 0. The lowest BCUT2D eigenvalue weighted by Crippen LogP contribution is -2.33. The van der Waals surface area contributed by atoms with Gasteiger partial charge in [0.2, 0.25) is 0 Å². The van der Waals surface area contributed by atoms with E-state index in [2.05, 4.69) is 5.32 Å². The maximum absolute atomic E-state index is 12.3. The molecule has 0 saturated heterocycles. The summed E-state index contributed by atoms with van der Waals surface area (Å²) in [5.74, 6) is 0.141. The van der Waals surface area contributed by atoms with E-state index in [-0.39, 0.29) is 18.2 Å². The number of aromatic hydroxyl groups is 1. The smallest absolute Gasteiger partial charge is 0.389 e. The van der Waals surface area contributed by atoms with Gasteiger partial charge in [-0.1, -0.05) is 19.1 Å². The summed E-state index contributed by atoms with van der Waals surface area (Å²) in [6.45, 7) is 2.67.